The van der Waals surface area contributed by atoms with E-state index in [0.717, 1.165) is 12.0 Å². The molecule has 0 saturated heterocycles. The van der Waals surface area contributed by atoms with Crippen molar-refractivity contribution in [3.05, 3.63) is 58.1 Å². The molecule has 6 heteroatoms. The molecule has 0 aromatic heterocycles. The Kier molecular flexibility index (Phi) is 4.05. The van der Waals surface area contributed by atoms with E-state index < -0.39 is 4.92 Å². The summed E-state index contributed by atoms with van der Waals surface area (Å²) in [6.07, 6.45) is 0.834. The van der Waals surface area contributed by atoms with Crippen molar-refractivity contribution in [2.75, 3.05) is 0 Å². The molecule has 0 aliphatic heterocycles. The molecule has 0 spiro atoms. The van der Waals surface area contributed by atoms with Crippen LogP contribution in [0.15, 0.2) is 52.7 Å². The summed E-state index contributed by atoms with van der Waals surface area (Å²) in [4.78, 5) is 10.1. The zero-order valence-electron chi connectivity index (χ0n) is 10.9. The van der Waals surface area contributed by atoms with Gasteiger partial charge in [-0.1, -0.05) is 13.0 Å². The SMILES string of the molecule is CCc1ccc(O)c(N=Nc2ccc([N+](=O)[O-])cc2)c1. The first-order valence-electron chi connectivity index (χ1n) is 6.08. The van der Waals surface area contributed by atoms with Gasteiger partial charge in [0, 0.05) is 12.1 Å². The molecule has 2 aromatic carbocycles. The van der Waals surface area contributed by atoms with Crippen molar-refractivity contribution in [3.8, 4) is 5.75 Å². The summed E-state index contributed by atoms with van der Waals surface area (Å²) in [6, 6.07) is 10.9. The van der Waals surface area contributed by atoms with E-state index in [1.54, 1.807) is 12.1 Å². The van der Waals surface area contributed by atoms with Crippen LogP contribution in [0.2, 0.25) is 0 Å². The lowest BCUT2D eigenvalue weighted by atomic mass is 10.1. The van der Waals surface area contributed by atoms with Crippen molar-refractivity contribution < 1.29 is 10.0 Å². The molecule has 2 aromatic rings. The average molecular weight is 271 g/mol. The molecule has 0 aliphatic rings. The number of aryl methyl sites for hydroxylation is 1. The summed E-state index contributed by atoms with van der Waals surface area (Å²) in [7, 11) is 0. The van der Waals surface area contributed by atoms with Gasteiger partial charge in [-0.25, -0.2) is 0 Å². The molecule has 0 radical (unpaired) electrons. The fourth-order valence-electron chi connectivity index (χ4n) is 1.62. The van der Waals surface area contributed by atoms with Crippen molar-refractivity contribution in [3.63, 3.8) is 0 Å². The van der Waals surface area contributed by atoms with Crippen LogP contribution in [-0.2, 0) is 6.42 Å². The third kappa shape index (κ3) is 3.17. The first-order chi connectivity index (χ1) is 9.60. The van der Waals surface area contributed by atoms with E-state index in [2.05, 4.69) is 10.2 Å². The molecule has 102 valence electrons. The maximum absolute atomic E-state index is 10.5. The van der Waals surface area contributed by atoms with Crippen molar-refractivity contribution >= 4 is 17.1 Å². The molecule has 0 amide bonds. The van der Waals surface area contributed by atoms with Gasteiger partial charge in [0.1, 0.15) is 11.4 Å². The fourth-order valence-corrected chi connectivity index (χ4v) is 1.62. The fraction of sp³-hybridized carbons (Fsp3) is 0.143. The molecule has 6 nitrogen and oxygen atoms in total. The molecule has 1 N–H and O–H groups in total. The number of nitro benzene ring substituents is 1. The third-order valence-corrected chi connectivity index (χ3v) is 2.78. The number of phenols is 1. The second-order valence-corrected chi connectivity index (χ2v) is 4.15. The highest BCUT2D eigenvalue weighted by Crippen LogP contribution is 2.29. The Morgan fingerprint density at radius 1 is 1.15 bits per heavy atom. The van der Waals surface area contributed by atoms with Crippen molar-refractivity contribution in [1.82, 2.24) is 0 Å². The summed E-state index contributed by atoms with van der Waals surface area (Å²) in [5, 5.41) is 28.1. The molecule has 0 bridgehead atoms. The number of aromatic hydroxyl groups is 1. The lowest BCUT2D eigenvalue weighted by molar-refractivity contribution is -0.384. The molecule has 0 aliphatic carbocycles. The van der Waals surface area contributed by atoms with Crippen molar-refractivity contribution in [1.29, 1.82) is 0 Å². The number of rotatable bonds is 4. The van der Waals surface area contributed by atoms with Crippen LogP contribution < -0.4 is 0 Å². The Balaban J connectivity index is 2.22. The average Bonchev–Trinajstić information content (AvgIpc) is 2.47. The molecule has 0 fully saturated rings. The second kappa shape index (κ2) is 5.92. The van der Waals surface area contributed by atoms with Gasteiger partial charge >= 0.3 is 0 Å². The predicted molar refractivity (Wildman–Crippen MR) is 74.8 cm³/mol. The van der Waals surface area contributed by atoms with Gasteiger partial charge in [-0.15, -0.1) is 5.11 Å². The normalized spacial score (nSPS) is 10.8. The molecule has 0 atom stereocenters. The number of nitro groups is 1. The lowest BCUT2D eigenvalue weighted by Gasteiger charge is -2.00. The minimum absolute atomic E-state index is 0.000206. The van der Waals surface area contributed by atoms with E-state index >= 15 is 0 Å². The van der Waals surface area contributed by atoms with Crippen LogP contribution in [0.1, 0.15) is 12.5 Å². The summed E-state index contributed by atoms with van der Waals surface area (Å²) in [6.45, 7) is 2.00. The summed E-state index contributed by atoms with van der Waals surface area (Å²) < 4.78 is 0. The van der Waals surface area contributed by atoms with Gasteiger partial charge < -0.3 is 5.11 Å². The van der Waals surface area contributed by atoms with Gasteiger partial charge in [0.05, 0.1) is 10.6 Å². The molecular weight excluding hydrogens is 258 g/mol. The number of hydrogen-bond acceptors (Lipinski definition) is 5. The van der Waals surface area contributed by atoms with Gasteiger partial charge in [0.25, 0.3) is 5.69 Å². The first kappa shape index (κ1) is 13.7. The van der Waals surface area contributed by atoms with Crippen LogP contribution in [0.3, 0.4) is 0 Å². The molecular formula is C14H13N3O3. The largest absolute Gasteiger partial charge is 0.506 e. The number of hydrogen-bond donors (Lipinski definition) is 1. The third-order valence-electron chi connectivity index (χ3n) is 2.78. The quantitative estimate of drug-likeness (QED) is 0.511. The monoisotopic (exact) mass is 271 g/mol. The summed E-state index contributed by atoms with van der Waals surface area (Å²) >= 11 is 0. The smallest absolute Gasteiger partial charge is 0.269 e. The van der Waals surface area contributed by atoms with Crippen LogP contribution in [0.4, 0.5) is 17.1 Å². The van der Waals surface area contributed by atoms with E-state index in [4.69, 9.17) is 0 Å². The molecule has 0 heterocycles. The number of azo groups is 1. The highest BCUT2D eigenvalue weighted by molar-refractivity contribution is 5.53. The Morgan fingerprint density at radius 3 is 2.45 bits per heavy atom. The van der Waals surface area contributed by atoms with Gasteiger partial charge in [-0.3, -0.25) is 10.1 Å². The Morgan fingerprint density at radius 2 is 1.85 bits per heavy atom. The van der Waals surface area contributed by atoms with E-state index in [-0.39, 0.29) is 11.4 Å². The highest BCUT2D eigenvalue weighted by atomic mass is 16.6. The second-order valence-electron chi connectivity index (χ2n) is 4.15. The zero-order chi connectivity index (χ0) is 14.5. The van der Waals surface area contributed by atoms with Gasteiger partial charge in [0.15, 0.2) is 0 Å². The predicted octanol–water partition coefficient (Wildman–Crippen LogP) is 4.28. The zero-order valence-corrected chi connectivity index (χ0v) is 10.9. The van der Waals surface area contributed by atoms with E-state index in [9.17, 15) is 15.2 Å². The molecule has 0 saturated carbocycles. The van der Waals surface area contributed by atoms with Gasteiger partial charge in [-0.05, 0) is 36.2 Å². The number of phenolic OH excluding ortho intramolecular Hbond substituents is 1. The van der Waals surface area contributed by atoms with Crippen LogP contribution >= 0.6 is 0 Å². The lowest BCUT2D eigenvalue weighted by Crippen LogP contribution is -1.85. The van der Waals surface area contributed by atoms with E-state index in [1.165, 1.54) is 24.3 Å². The Hall–Kier alpha value is -2.76. The topological polar surface area (TPSA) is 88.1 Å². The molecule has 2 rings (SSSR count). The maximum Gasteiger partial charge on any atom is 0.269 e. The van der Waals surface area contributed by atoms with Gasteiger partial charge in [0.2, 0.25) is 0 Å². The van der Waals surface area contributed by atoms with Crippen molar-refractivity contribution in [2.45, 2.75) is 13.3 Å². The van der Waals surface area contributed by atoms with Crippen LogP contribution in [0.25, 0.3) is 0 Å². The number of nitrogens with zero attached hydrogens (tertiary/aromatic N) is 3. The van der Waals surface area contributed by atoms with Crippen molar-refractivity contribution in [2.24, 2.45) is 10.2 Å². The minimum Gasteiger partial charge on any atom is -0.506 e. The number of benzene rings is 2. The van der Waals surface area contributed by atoms with Gasteiger partial charge in [-0.2, -0.15) is 5.11 Å². The van der Waals surface area contributed by atoms with Crippen LogP contribution in [-0.4, -0.2) is 10.0 Å². The Bertz CT molecular complexity index is 651. The minimum atomic E-state index is -0.475. The first-order valence-corrected chi connectivity index (χ1v) is 6.08. The van der Waals surface area contributed by atoms with Crippen LogP contribution in [0.5, 0.6) is 5.75 Å². The molecule has 20 heavy (non-hydrogen) atoms. The standard InChI is InChI=1S/C14H13N3O3/c1-2-10-3-8-14(18)13(9-10)16-15-11-4-6-12(7-5-11)17(19)20/h3-9,18H,2H2,1H3. The highest BCUT2D eigenvalue weighted by Gasteiger charge is 2.04. The van der Waals surface area contributed by atoms with E-state index in [0.29, 0.717) is 11.4 Å². The van der Waals surface area contributed by atoms with Crippen LogP contribution in [0, 0.1) is 10.1 Å². The summed E-state index contributed by atoms with van der Waals surface area (Å²) in [5.41, 5.74) is 1.90. The molecule has 0 unspecified atom stereocenters. The van der Waals surface area contributed by atoms with E-state index in [1.807, 2.05) is 13.0 Å². The Labute approximate surface area is 115 Å². The summed E-state index contributed by atoms with van der Waals surface area (Å²) in [5.74, 6) is 0.0489. The maximum atomic E-state index is 10.5. The number of non-ortho nitro benzene ring substituents is 1.